The molecule has 0 radical (unpaired) electrons. The highest BCUT2D eigenvalue weighted by molar-refractivity contribution is 5.78. The van der Waals surface area contributed by atoms with Crippen LogP contribution in [0, 0.1) is 5.92 Å². The minimum Gasteiger partial charge on any atom is -0.461 e. The van der Waals surface area contributed by atoms with Gasteiger partial charge in [0.15, 0.2) is 0 Å². The number of cyclic esters (lactones) is 1. The lowest BCUT2D eigenvalue weighted by molar-refractivity contribution is -0.142. The van der Waals surface area contributed by atoms with Crippen molar-refractivity contribution in [3.63, 3.8) is 0 Å². The van der Waals surface area contributed by atoms with E-state index in [-0.39, 0.29) is 18.1 Å². The maximum Gasteiger partial charge on any atom is 0.323 e. The molecule has 2 heterocycles. The molecule has 2 aliphatic heterocycles. The van der Waals surface area contributed by atoms with Gasteiger partial charge >= 0.3 is 5.97 Å². The van der Waals surface area contributed by atoms with Gasteiger partial charge in [-0.1, -0.05) is 0 Å². The summed E-state index contributed by atoms with van der Waals surface area (Å²) in [7, 11) is 0. The van der Waals surface area contributed by atoms with Crippen LogP contribution in [0.2, 0.25) is 0 Å². The van der Waals surface area contributed by atoms with Crippen LogP contribution in [0.25, 0.3) is 0 Å². The number of piperidine rings is 1. The number of carbonyl (C=O) groups excluding carboxylic acids is 1. The summed E-state index contributed by atoms with van der Waals surface area (Å²) in [6.45, 7) is 2.94. The molecule has 0 aliphatic carbocycles. The first-order valence-electron chi connectivity index (χ1n) is 4.23. The fourth-order valence-electron chi connectivity index (χ4n) is 2.02. The zero-order chi connectivity index (χ0) is 7.84. The molecule has 0 aromatic rings. The molecular weight excluding hydrogens is 142 g/mol. The second-order valence-corrected chi connectivity index (χ2v) is 3.38. The second-order valence-electron chi connectivity index (χ2n) is 3.38. The van der Waals surface area contributed by atoms with Gasteiger partial charge in [0.25, 0.3) is 0 Å². The first-order valence-corrected chi connectivity index (χ1v) is 4.23. The van der Waals surface area contributed by atoms with Crippen LogP contribution in [0.3, 0.4) is 0 Å². The molecule has 2 fully saturated rings. The van der Waals surface area contributed by atoms with Crippen LogP contribution in [0.5, 0.6) is 0 Å². The van der Waals surface area contributed by atoms with Crippen molar-refractivity contribution >= 4 is 5.97 Å². The molecule has 0 aromatic carbocycles. The molecule has 3 heteroatoms. The average molecular weight is 155 g/mol. The molecule has 3 atom stereocenters. The number of hydrogen-bond donors (Lipinski definition) is 1. The van der Waals surface area contributed by atoms with Crippen LogP contribution in [-0.2, 0) is 9.53 Å². The molecular formula is C8H13NO2. The van der Waals surface area contributed by atoms with Gasteiger partial charge < -0.3 is 10.1 Å². The summed E-state index contributed by atoms with van der Waals surface area (Å²) in [5.74, 6) is 0.374. The van der Waals surface area contributed by atoms with Crippen molar-refractivity contribution in [2.75, 3.05) is 6.54 Å². The number of nitrogens with one attached hydrogen (secondary N) is 1. The predicted molar refractivity (Wildman–Crippen MR) is 40.1 cm³/mol. The van der Waals surface area contributed by atoms with Crippen LogP contribution in [0.1, 0.15) is 19.8 Å². The third-order valence-corrected chi connectivity index (χ3v) is 2.67. The lowest BCUT2D eigenvalue weighted by atomic mass is 9.89. The molecule has 0 aromatic heterocycles. The van der Waals surface area contributed by atoms with Gasteiger partial charge in [-0.2, -0.15) is 0 Å². The lowest BCUT2D eigenvalue weighted by Crippen LogP contribution is -2.43. The van der Waals surface area contributed by atoms with Crippen molar-refractivity contribution in [2.24, 2.45) is 5.92 Å². The highest BCUT2D eigenvalue weighted by atomic mass is 16.6. The number of esters is 1. The number of ether oxygens (including phenoxy) is 1. The maximum absolute atomic E-state index is 11.1. The topological polar surface area (TPSA) is 38.3 Å². The van der Waals surface area contributed by atoms with E-state index in [9.17, 15) is 4.79 Å². The van der Waals surface area contributed by atoms with Gasteiger partial charge in [-0.15, -0.1) is 0 Å². The Morgan fingerprint density at radius 3 is 3.18 bits per heavy atom. The molecule has 11 heavy (non-hydrogen) atoms. The maximum atomic E-state index is 11.1. The van der Waals surface area contributed by atoms with Crippen LogP contribution >= 0.6 is 0 Å². The van der Waals surface area contributed by atoms with E-state index in [4.69, 9.17) is 4.74 Å². The Morgan fingerprint density at radius 2 is 2.45 bits per heavy atom. The van der Waals surface area contributed by atoms with Crippen molar-refractivity contribution in [3.05, 3.63) is 0 Å². The number of carbonyl (C=O) groups is 1. The van der Waals surface area contributed by atoms with Gasteiger partial charge in [0.2, 0.25) is 0 Å². The summed E-state index contributed by atoms with van der Waals surface area (Å²) < 4.78 is 5.11. The van der Waals surface area contributed by atoms with Gasteiger partial charge in [-0.25, -0.2) is 0 Å². The quantitative estimate of drug-likeness (QED) is 0.511. The highest BCUT2D eigenvalue weighted by Crippen LogP contribution is 2.28. The SMILES string of the molecule is CC1OC(=O)[C@H]2NCCC[C@H]12. The molecule has 1 N–H and O–H groups in total. The molecule has 62 valence electrons. The van der Waals surface area contributed by atoms with Crippen LogP contribution in [0.15, 0.2) is 0 Å². The molecule has 3 nitrogen and oxygen atoms in total. The van der Waals surface area contributed by atoms with E-state index in [0.29, 0.717) is 5.92 Å². The first kappa shape index (κ1) is 7.10. The summed E-state index contributed by atoms with van der Waals surface area (Å²) in [5.41, 5.74) is 0. The Labute approximate surface area is 66.1 Å². The smallest absolute Gasteiger partial charge is 0.323 e. The number of hydrogen-bond acceptors (Lipinski definition) is 3. The standard InChI is InChI=1S/C8H13NO2/c1-5-6-3-2-4-9-7(6)8(10)11-5/h5-7,9H,2-4H2,1H3/t5?,6-,7+/m1/s1. The Hall–Kier alpha value is -0.570. The third kappa shape index (κ3) is 1.03. The van der Waals surface area contributed by atoms with E-state index in [1.807, 2.05) is 6.92 Å². The minimum atomic E-state index is -0.0535. The Bertz CT molecular complexity index is 181. The van der Waals surface area contributed by atoms with E-state index in [2.05, 4.69) is 5.32 Å². The van der Waals surface area contributed by atoms with E-state index >= 15 is 0 Å². The van der Waals surface area contributed by atoms with Gasteiger partial charge in [-0.3, -0.25) is 4.79 Å². The van der Waals surface area contributed by atoms with Crippen LogP contribution < -0.4 is 5.32 Å². The summed E-state index contributed by atoms with van der Waals surface area (Å²) in [5, 5.41) is 3.19. The van der Waals surface area contributed by atoms with E-state index in [1.54, 1.807) is 0 Å². The largest absolute Gasteiger partial charge is 0.461 e. The number of fused-ring (bicyclic) bond motifs is 1. The van der Waals surface area contributed by atoms with Gasteiger partial charge in [0.1, 0.15) is 12.1 Å². The summed E-state index contributed by atoms with van der Waals surface area (Å²) in [6.07, 6.45) is 2.42. The van der Waals surface area contributed by atoms with Crippen molar-refractivity contribution in [2.45, 2.75) is 31.9 Å². The molecule has 0 bridgehead atoms. The second kappa shape index (κ2) is 2.48. The van der Waals surface area contributed by atoms with Gasteiger partial charge in [0, 0.05) is 5.92 Å². The normalized spacial score (nSPS) is 43.4. The Balaban J connectivity index is 2.13. The van der Waals surface area contributed by atoms with Crippen molar-refractivity contribution in [1.82, 2.24) is 5.32 Å². The highest BCUT2D eigenvalue weighted by Gasteiger charge is 2.43. The summed E-state index contributed by atoms with van der Waals surface area (Å²) in [6, 6.07) is -0.00116. The first-order chi connectivity index (χ1) is 5.29. The van der Waals surface area contributed by atoms with Crippen molar-refractivity contribution in [3.8, 4) is 0 Å². The minimum absolute atomic E-state index is 0.00116. The molecule has 2 rings (SSSR count). The molecule has 1 unspecified atom stereocenters. The Kier molecular flexibility index (Phi) is 1.60. The molecule has 0 spiro atoms. The zero-order valence-electron chi connectivity index (χ0n) is 6.67. The van der Waals surface area contributed by atoms with Gasteiger partial charge in [-0.05, 0) is 26.3 Å². The average Bonchev–Trinajstić information content (AvgIpc) is 2.30. The summed E-state index contributed by atoms with van der Waals surface area (Å²) in [4.78, 5) is 11.1. The zero-order valence-corrected chi connectivity index (χ0v) is 6.67. The van der Waals surface area contributed by atoms with Crippen molar-refractivity contribution < 1.29 is 9.53 Å². The lowest BCUT2D eigenvalue weighted by Gasteiger charge is -2.24. The molecule has 0 saturated carbocycles. The fourth-order valence-corrected chi connectivity index (χ4v) is 2.02. The van der Waals surface area contributed by atoms with E-state index in [0.717, 1.165) is 13.0 Å². The summed E-state index contributed by atoms with van der Waals surface area (Å²) >= 11 is 0. The number of rotatable bonds is 0. The Morgan fingerprint density at radius 1 is 1.64 bits per heavy atom. The van der Waals surface area contributed by atoms with Crippen molar-refractivity contribution in [1.29, 1.82) is 0 Å². The molecule has 2 aliphatic rings. The molecule has 2 saturated heterocycles. The monoisotopic (exact) mass is 155 g/mol. The van der Waals surface area contributed by atoms with Crippen LogP contribution in [-0.4, -0.2) is 24.7 Å². The van der Waals surface area contributed by atoms with E-state index in [1.165, 1.54) is 6.42 Å². The van der Waals surface area contributed by atoms with E-state index < -0.39 is 0 Å². The van der Waals surface area contributed by atoms with Gasteiger partial charge in [0.05, 0.1) is 0 Å². The molecule has 0 amide bonds. The third-order valence-electron chi connectivity index (χ3n) is 2.67. The fraction of sp³-hybridized carbons (Fsp3) is 0.875. The van der Waals surface area contributed by atoms with Crippen LogP contribution in [0.4, 0.5) is 0 Å². The predicted octanol–water partition coefficient (Wildman–Crippen LogP) is 0.300.